The molecule has 0 aliphatic heterocycles. The Kier molecular flexibility index (Phi) is 4.88. The van der Waals surface area contributed by atoms with Gasteiger partial charge in [0, 0.05) is 5.45 Å². The molecule has 0 spiro atoms. The SMILES string of the molecule is C[Si](C)(C)N=C(P[Si](C)(C)C)c1ccccc1. The highest BCUT2D eigenvalue weighted by Crippen LogP contribution is 2.32. The molecule has 94 valence electrons. The van der Waals surface area contributed by atoms with Crippen LogP contribution in [-0.2, 0) is 0 Å². The van der Waals surface area contributed by atoms with E-state index in [9.17, 15) is 0 Å². The molecule has 1 atom stereocenters. The van der Waals surface area contributed by atoms with Crippen LogP contribution in [-0.4, -0.2) is 21.4 Å². The van der Waals surface area contributed by atoms with Crippen molar-refractivity contribution < 1.29 is 0 Å². The van der Waals surface area contributed by atoms with Crippen molar-refractivity contribution >= 4 is 29.6 Å². The number of benzene rings is 1. The summed E-state index contributed by atoms with van der Waals surface area (Å²) in [6, 6.07) is 10.7. The predicted molar refractivity (Wildman–Crippen MR) is 88.0 cm³/mol. The molecule has 0 saturated heterocycles. The van der Waals surface area contributed by atoms with Crippen LogP contribution in [0.2, 0.25) is 39.3 Å². The van der Waals surface area contributed by atoms with E-state index in [0.717, 1.165) is 8.13 Å². The van der Waals surface area contributed by atoms with Gasteiger partial charge in [-0.2, -0.15) is 0 Å². The molecular weight excluding hydrogens is 257 g/mol. The van der Waals surface area contributed by atoms with E-state index in [1.807, 2.05) is 0 Å². The van der Waals surface area contributed by atoms with Gasteiger partial charge in [0.05, 0.1) is 7.74 Å². The van der Waals surface area contributed by atoms with Crippen molar-refractivity contribution in [3.8, 4) is 0 Å². The third-order valence-corrected chi connectivity index (χ3v) is 7.45. The highest BCUT2D eigenvalue weighted by Gasteiger charge is 2.20. The Hall–Kier alpha value is -0.246. The highest BCUT2D eigenvalue weighted by molar-refractivity contribution is 7.93. The second kappa shape index (κ2) is 5.60. The lowest BCUT2D eigenvalue weighted by atomic mass is 10.2. The summed E-state index contributed by atoms with van der Waals surface area (Å²) in [7, 11) is -1.56. The minimum Gasteiger partial charge on any atom is -0.322 e. The first-order chi connectivity index (χ1) is 7.67. The van der Waals surface area contributed by atoms with Gasteiger partial charge in [-0.25, -0.2) is 0 Å². The van der Waals surface area contributed by atoms with Gasteiger partial charge in [-0.1, -0.05) is 58.1 Å². The van der Waals surface area contributed by atoms with E-state index in [2.05, 4.69) is 69.6 Å². The van der Waals surface area contributed by atoms with E-state index in [4.69, 9.17) is 4.66 Å². The quantitative estimate of drug-likeness (QED) is 0.428. The Morgan fingerprint density at radius 3 is 1.88 bits per heavy atom. The summed E-state index contributed by atoms with van der Waals surface area (Å²) < 4.78 is 5.07. The van der Waals surface area contributed by atoms with Crippen LogP contribution in [0.4, 0.5) is 0 Å². The Bertz CT molecular complexity index is 388. The van der Waals surface area contributed by atoms with E-state index >= 15 is 0 Å². The summed E-state index contributed by atoms with van der Waals surface area (Å²) in [6.45, 7) is 14.2. The molecule has 1 aromatic carbocycles. The fourth-order valence-corrected chi connectivity index (χ4v) is 7.57. The summed E-state index contributed by atoms with van der Waals surface area (Å²) in [4.78, 5) is 0. The lowest BCUT2D eigenvalue weighted by molar-refractivity contribution is 1.55. The van der Waals surface area contributed by atoms with E-state index in [0.29, 0.717) is 0 Å². The van der Waals surface area contributed by atoms with Crippen LogP contribution >= 0.6 is 8.13 Å². The van der Waals surface area contributed by atoms with Crippen molar-refractivity contribution in [3.63, 3.8) is 0 Å². The van der Waals surface area contributed by atoms with Crippen LogP contribution in [0.3, 0.4) is 0 Å². The normalized spacial score (nSPS) is 14.6. The predicted octanol–water partition coefficient (Wildman–Crippen LogP) is 4.78. The summed E-state index contributed by atoms with van der Waals surface area (Å²) in [5, 5.41) is 0. The molecule has 1 aromatic rings. The molecule has 0 aliphatic rings. The fraction of sp³-hybridized carbons (Fsp3) is 0.462. The van der Waals surface area contributed by atoms with Crippen LogP contribution in [0.15, 0.2) is 35.0 Å². The third kappa shape index (κ3) is 6.30. The van der Waals surface area contributed by atoms with Crippen LogP contribution in [0.1, 0.15) is 5.56 Å². The molecule has 1 unspecified atom stereocenters. The Balaban J connectivity index is 3.09. The Morgan fingerprint density at radius 2 is 1.47 bits per heavy atom. The zero-order valence-electron chi connectivity index (χ0n) is 11.8. The first-order valence-corrected chi connectivity index (χ1v) is 15.1. The highest BCUT2D eigenvalue weighted by atomic mass is 31.3. The summed E-state index contributed by atoms with van der Waals surface area (Å²) in [6.07, 6.45) is 0. The minimum absolute atomic E-state index is 0.907. The van der Waals surface area contributed by atoms with Gasteiger partial charge in [0.15, 0.2) is 8.24 Å². The third-order valence-electron chi connectivity index (χ3n) is 1.99. The minimum atomic E-state index is -1.39. The molecule has 0 aromatic heterocycles. The molecule has 0 bridgehead atoms. The smallest absolute Gasteiger partial charge is 0.173 e. The van der Waals surface area contributed by atoms with Crippen LogP contribution in [0.25, 0.3) is 0 Å². The average Bonchev–Trinajstić information content (AvgIpc) is 2.14. The molecule has 0 N–H and O–H groups in total. The summed E-state index contributed by atoms with van der Waals surface area (Å²) in [5.41, 5.74) is 2.69. The maximum atomic E-state index is 5.07. The standard InChI is InChI=1S/C13H24NPSi2/c1-16(2,3)14-13(15-17(4,5)6)12-10-8-7-9-11-12/h7-11,15H,1-6H3. The number of hydrogen-bond donors (Lipinski definition) is 0. The van der Waals surface area contributed by atoms with Crippen LogP contribution in [0, 0.1) is 0 Å². The monoisotopic (exact) mass is 281 g/mol. The zero-order chi connectivity index (χ0) is 13.1. The number of hydrogen-bond acceptors (Lipinski definition) is 1. The van der Waals surface area contributed by atoms with Gasteiger partial charge in [0.25, 0.3) is 0 Å². The van der Waals surface area contributed by atoms with E-state index in [1.165, 1.54) is 11.0 Å². The van der Waals surface area contributed by atoms with Crippen molar-refractivity contribution in [2.24, 2.45) is 4.66 Å². The molecule has 0 aliphatic carbocycles. The second-order valence-electron chi connectivity index (χ2n) is 6.37. The molecule has 1 rings (SSSR count). The first kappa shape index (κ1) is 14.8. The van der Waals surface area contributed by atoms with Crippen molar-refractivity contribution in [2.75, 3.05) is 0 Å². The Morgan fingerprint density at radius 1 is 0.941 bits per heavy atom. The first-order valence-electron chi connectivity index (χ1n) is 6.11. The molecule has 0 amide bonds. The van der Waals surface area contributed by atoms with Gasteiger partial charge in [0.1, 0.15) is 0 Å². The van der Waals surface area contributed by atoms with E-state index in [1.54, 1.807) is 0 Å². The van der Waals surface area contributed by atoms with Crippen molar-refractivity contribution in [1.82, 2.24) is 0 Å². The van der Waals surface area contributed by atoms with Crippen LogP contribution in [0.5, 0.6) is 0 Å². The van der Waals surface area contributed by atoms with Gasteiger partial charge in [0.2, 0.25) is 0 Å². The molecule has 0 saturated carbocycles. The largest absolute Gasteiger partial charge is 0.322 e. The van der Waals surface area contributed by atoms with E-state index in [-0.39, 0.29) is 0 Å². The Labute approximate surface area is 109 Å². The molecule has 4 heteroatoms. The molecule has 1 nitrogen and oxygen atoms in total. The summed E-state index contributed by atoms with van der Waals surface area (Å²) in [5.74, 6) is 0. The van der Waals surface area contributed by atoms with Gasteiger partial charge in [-0.05, 0) is 25.2 Å². The lowest BCUT2D eigenvalue weighted by Gasteiger charge is -2.21. The number of rotatable bonds is 4. The van der Waals surface area contributed by atoms with E-state index < -0.39 is 16.0 Å². The molecule has 0 radical (unpaired) electrons. The number of nitrogens with zero attached hydrogens (tertiary/aromatic N) is 1. The van der Waals surface area contributed by atoms with Crippen molar-refractivity contribution in [2.45, 2.75) is 39.3 Å². The lowest BCUT2D eigenvalue weighted by Crippen LogP contribution is -2.22. The maximum absolute atomic E-state index is 5.07. The molecular formula is C13H24NPSi2. The van der Waals surface area contributed by atoms with Gasteiger partial charge < -0.3 is 4.66 Å². The molecule has 0 heterocycles. The molecule has 0 fully saturated rings. The van der Waals surface area contributed by atoms with Gasteiger partial charge in [-0.3, -0.25) is 0 Å². The summed E-state index contributed by atoms with van der Waals surface area (Å²) >= 11 is 0. The van der Waals surface area contributed by atoms with Crippen molar-refractivity contribution in [3.05, 3.63) is 35.9 Å². The topological polar surface area (TPSA) is 12.4 Å². The molecule has 17 heavy (non-hydrogen) atoms. The fourth-order valence-electron chi connectivity index (χ4n) is 1.45. The second-order valence-corrected chi connectivity index (χ2v) is 21.4. The zero-order valence-corrected chi connectivity index (χ0v) is 14.8. The average molecular weight is 281 g/mol. The van der Waals surface area contributed by atoms with Crippen molar-refractivity contribution in [1.29, 1.82) is 0 Å². The van der Waals surface area contributed by atoms with Crippen LogP contribution < -0.4 is 0 Å². The van der Waals surface area contributed by atoms with Gasteiger partial charge >= 0.3 is 0 Å². The maximum Gasteiger partial charge on any atom is 0.173 e. The van der Waals surface area contributed by atoms with Gasteiger partial charge in [-0.15, -0.1) is 0 Å².